The molecule has 43 heavy (non-hydrogen) atoms. The zero-order valence-electron chi connectivity index (χ0n) is 23.7. The number of aromatic nitrogens is 2. The van der Waals surface area contributed by atoms with Crippen LogP contribution < -0.4 is 30.6 Å². The second-order valence-electron chi connectivity index (χ2n) is 10.7. The number of benzene rings is 2. The molecule has 4 aromatic rings. The molecular formula is C32H30ClN5O5. The summed E-state index contributed by atoms with van der Waals surface area (Å²) >= 11 is 6.31. The highest BCUT2D eigenvalue weighted by Gasteiger charge is 2.35. The van der Waals surface area contributed by atoms with Gasteiger partial charge in [0.15, 0.2) is 0 Å². The molecule has 220 valence electrons. The fourth-order valence-electron chi connectivity index (χ4n) is 5.99. The number of rotatable bonds is 7. The van der Waals surface area contributed by atoms with E-state index in [0.717, 1.165) is 17.8 Å². The van der Waals surface area contributed by atoms with Gasteiger partial charge in [0, 0.05) is 61.3 Å². The second-order valence-corrected chi connectivity index (χ2v) is 11.1. The summed E-state index contributed by atoms with van der Waals surface area (Å²) in [4.78, 5) is 45.5. The van der Waals surface area contributed by atoms with E-state index < -0.39 is 5.91 Å². The molecule has 2 N–H and O–H groups in total. The molecule has 0 saturated carbocycles. The van der Waals surface area contributed by atoms with Crippen LogP contribution in [0, 0.1) is 5.92 Å². The summed E-state index contributed by atoms with van der Waals surface area (Å²) in [7, 11) is 2.98. The van der Waals surface area contributed by atoms with Crippen molar-refractivity contribution in [2.24, 2.45) is 5.92 Å². The lowest BCUT2D eigenvalue weighted by atomic mass is 9.83. The Balaban J connectivity index is 1.33. The molecule has 11 heteroatoms. The van der Waals surface area contributed by atoms with Crippen LogP contribution in [0.25, 0.3) is 0 Å². The van der Waals surface area contributed by atoms with Gasteiger partial charge in [-0.1, -0.05) is 17.7 Å². The molecule has 2 amide bonds. The maximum atomic E-state index is 13.5. The van der Waals surface area contributed by atoms with Crippen molar-refractivity contribution in [1.29, 1.82) is 0 Å². The summed E-state index contributed by atoms with van der Waals surface area (Å²) in [6.07, 6.45) is 4.08. The van der Waals surface area contributed by atoms with E-state index in [-0.39, 0.29) is 23.3 Å². The van der Waals surface area contributed by atoms with E-state index in [1.165, 1.54) is 20.4 Å². The van der Waals surface area contributed by atoms with E-state index in [0.29, 0.717) is 58.7 Å². The monoisotopic (exact) mass is 599 g/mol. The summed E-state index contributed by atoms with van der Waals surface area (Å²) in [6.45, 7) is 2.02. The quantitative estimate of drug-likeness (QED) is 0.306. The number of hydrogen-bond donors (Lipinski definition) is 2. The Bertz CT molecular complexity index is 1760. The third kappa shape index (κ3) is 5.65. The number of anilines is 3. The maximum Gasteiger partial charge on any atom is 0.257 e. The van der Waals surface area contributed by atoms with Crippen molar-refractivity contribution < 1.29 is 19.1 Å². The number of amides is 2. The molecule has 6 rings (SSSR count). The zero-order chi connectivity index (χ0) is 30.1. The molecule has 10 nitrogen and oxygen atoms in total. The number of fused-ring (bicyclic) bond motifs is 4. The highest BCUT2D eigenvalue weighted by molar-refractivity contribution is 6.32. The predicted octanol–water partition coefficient (Wildman–Crippen LogP) is 5.04. The van der Waals surface area contributed by atoms with Gasteiger partial charge in [0.05, 0.1) is 41.9 Å². The fourth-order valence-corrected chi connectivity index (χ4v) is 6.23. The van der Waals surface area contributed by atoms with Crippen LogP contribution in [0.4, 0.5) is 17.1 Å². The molecule has 2 aromatic heterocycles. The van der Waals surface area contributed by atoms with Crippen molar-refractivity contribution in [3.8, 4) is 11.5 Å². The summed E-state index contributed by atoms with van der Waals surface area (Å²) in [5, 5.41) is 6.18. The van der Waals surface area contributed by atoms with E-state index in [9.17, 15) is 14.4 Å². The van der Waals surface area contributed by atoms with Crippen molar-refractivity contribution in [3.05, 3.63) is 105 Å². The fraction of sp³-hybridized carbons (Fsp3) is 0.250. The minimum absolute atomic E-state index is 0.0233. The van der Waals surface area contributed by atoms with Crippen molar-refractivity contribution in [2.75, 3.05) is 42.8 Å². The first-order valence-corrected chi connectivity index (χ1v) is 14.3. The molecule has 0 spiro atoms. The van der Waals surface area contributed by atoms with Gasteiger partial charge >= 0.3 is 0 Å². The van der Waals surface area contributed by atoms with E-state index >= 15 is 0 Å². The summed E-state index contributed by atoms with van der Waals surface area (Å²) < 4.78 is 12.6. The van der Waals surface area contributed by atoms with Gasteiger partial charge in [-0.25, -0.2) is 0 Å². The van der Waals surface area contributed by atoms with Crippen LogP contribution in [0.1, 0.15) is 38.7 Å². The number of nitrogens with zero attached hydrogens (tertiary/aromatic N) is 3. The number of halogens is 1. The molecule has 1 fully saturated rings. The van der Waals surface area contributed by atoms with Crippen LogP contribution in [0.2, 0.25) is 5.02 Å². The van der Waals surface area contributed by atoms with Gasteiger partial charge in [-0.2, -0.15) is 0 Å². The van der Waals surface area contributed by atoms with E-state index in [1.54, 1.807) is 48.7 Å². The number of methoxy groups -OCH3 is 2. The molecule has 2 aliphatic heterocycles. The van der Waals surface area contributed by atoms with Gasteiger partial charge in [-0.3, -0.25) is 19.4 Å². The number of carbonyl (C=O) groups excluding carboxylic acids is 2. The van der Waals surface area contributed by atoms with Crippen molar-refractivity contribution >= 4 is 40.5 Å². The van der Waals surface area contributed by atoms with Crippen molar-refractivity contribution in [3.63, 3.8) is 0 Å². The zero-order valence-corrected chi connectivity index (χ0v) is 24.4. The lowest BCUT2D eigenvalue weighted by Crippen LogP contribution is -2.47. The van der Waals surface area contributed by atoms with Crippen molar-refractivity contribution in [2.45, 2.75) is 18.9 Å². The molecule has 2 bridgehead atoms. The first-order valence-electron chi connectivity index (χ1n) is 13.9. The van der Waals surface area contributed by atoms with Crippen LogP contribution in [-0.2, 0) is 6.54 Å². The average molecular weight is 600 g/mol. The topological polar surface area (TPSA) is 115 Å². The standard InChI is InChI=1S/C32H30ClN5O5/c1-42-28-14-29(43-2)25(13-23(28)33)36-31(40)20-8-9-27(24(12-20)35-32(41)21-5-4-10-34-15-21)37-16-19-11-22(18-37)26-6-3-7-30(39)38(26)17-19/h3-10,12-15,19,22H,11,16-18H2,1-2H3,(H,35,41)(H,36,40). The van der Waals surface area contributed by atoms with E-state index in [1.807, 2.05) is 22.8 Å². The summed E-state index contributed by atoms with van der Waals surface area (Å²) in [6, 6.07) is 17.2. The SMILES string of the molecule is COc1cc(OC)c(NC(=O)c2ccc(N3CC4CC(C3)c3cccc(=O)n3C4)c(NC(=O)c3cccnc3)c2)cc1Cl. The van der Waals surface area contributed by atoms with Gasteiger partial charge in [0.1, 0.15) is 11.5 Å². The van der Waals surface area contributed by atoms with Gasteiger partial charge < -0.3 is 29.6 Å². The summed E-state index contributed by atoms with van der Waals surface area (Å²) in [5.74, 6) is 0.481. The number of hydrogen-bond acceptors (Lipinski definition) is 7. The lowest BCUT2D eigenvalue weighted by Gasteiger charge is -2.44. The third-order valence-electron chi connectivity index (χ3n) is 7.97. The average Bonchev–Trinajstić information content (AvgIpc) is 3.02. The van der Waals surface area contributed by atoms with Crippen LogP contribution in [-0.4, -0.2) is 48.7 Å². The molecule has 2 aliphatic rings. The van der Waals surface area contributed by atoms with E-state index in [2.05, 4.69) is 20.5 Å². The van der Waals surface area contributed by atoms with E-state index in [4.69, 9.17) is 21.1 Å². The minimum atomic E-state index is -0.410. The Morgan fingerprint density at radius 1 is 0.884 bits per heavy atom. The predicted molar refractivity (Wildman–Crippen MR) is 165 cm³/mol. The third-order valence-corrected chi connectivity index (χ3v) is 8.27. The van der Waals surface area contributed by atoms with Crippen LogP contribution in [0.5, 0.6) is 11.5 Å². The minimum Gasteiger partial charge on any atom is -0.495 e. The smallest absolute Gasteiger partial charge is 0.257 e. The molecular weight excluding hydrogens is 570 g/mol. The normalized spacial score (nSPS) is 17.0. The lowest BCUT2D eigenvalue weighted by molar-refractivity contribution is 0.101. The van der Waals surface area contributed by atoms with Crippen LogP contribution >= 0.6 is 11.6 Å². The number of carbonyl (C=O) groups is 2. The highest BCUT2D eigenvalue weighted by atomic mass is 35.5. The highest BCUT2D eigenvalue weighted by Crippen LogP contribution is 2.40. The Morgan fingerprint density at radius 3 is 2.44 bits per heavy atom. The molecule has 0 radical (unpaired) electrons. The van der Waals surface area contributed by atoms with Gasteiger partial charge in [-0.05, 0) is 54.8 Å². The van der Waals surface area contributed by atoms with Gasteiger partial charge in [0.2, 0.25) is 0 Å². The Kier molecular flexibility index (Phi) is 7.77. The van der Waals surface area contributed by atoms with Gasteiger partial charge in [-0.15, -0.1) is 0 Å². The Hall–Kier alpha value is -4.83. The molecule has 0 aliphatic carbocycles. The molecule has 1 saturated heterocycles. The largest absolute Gasteiger partial charge is 0.495 e. The van der Waals surface area contributed by atoms with Crippen LogP contribution in [0.15, 0.2) is 77.9 Å². The first kappa shape index (κ1) is 28.3. The molecule has 4 heterocycles. The Morgan fingerprint density at radius 2 is 1.67 bits per heavy atom. The van der Waals surface area contributed by atoms with Gasteiger partial charge in [0.25, 0.3) is 17.4 Å². The number of nitrogens with one attached hydrogen (secondary N) is 2. The Labute approximate surface area is 253 Å². The number of piperidine rings is 1. The molecule has 2 atom stereocenters. The maximum absolute atomic E-state index is 13.5. The number of pyridine rings is 2. The number of ether oxygens (including phenoxy) is 2. The van der Waals surface area contributed by atoms with Crippen molar-refractivity contribution in [1.82, 2.24) is 9.55 Å². The second kappa shape index (κ2) is 11.8. The molecule has 2 unspecified atom stereocenters. The van der Waals surface area contributed by atoms with Crippen LogP contribution in [0.3, 0.4) is 0 Å². The first-order chi connectivity index (χ1) is 20.8. The summed E-state index contributed by atoms with van der Waals surface area (Å²) in [5.41, 5.74) is 3.43. The molecule has 2 aromatic carbocycles.